The van der Waals surface area contributed by atoms with Gasteiger partial charge in [-0.05, 0) is 25.3 Å². The maximum absolute atomic E-state index is 10.2. The predicted octanol–water partition coefficient (Wildman–Crippen LogP) is 5.18. The molecule has 0 saturated carbocycles. The van der Waals surface area contributed by atoms with E-state index >= 15 is 0 Å². The van der Waals surface area contributed by atoms with Crippen molar-refractivity contribution in [3.63, 3.8) is 0 Å². The normalized spacial score (nSPS) is 26.9. The van der Waals surface area contributed by atoms with Crippen LogP contribution in [0.15, 0.2) is 36.0 Å². The first-order chi connectivity index (χ1) is 9.08. The smallest absolute Gasteiger partial charge is 0.0868 e. The summed E-state index contributed by atoms with van der Waals surface area (Å²) in [6.07, 6.45) is 19.6. The first-order valence-corrected chi connectivity index (χ1v) is 7.86. The Balaban J connectivity index is 2.22. The minimum absolute atomic E-state index is 0.179. The van der Waals surface area contributed by atoms with Gasteiger partial charge in [0.2, 0.25) is 0 Å². The number of hydrogen-bond donors (Lipinski definition) is 1. The second-order valence-corrected chi connectivity index (χ2v) is 5.93. The number of aliphatic hydroxyl groups is 1. The van der Waals surface area contributed by atoms with Gasteiger partial charge >= 0.3 is 0 Å². The average molecular weight is 262 g/mol. The van der Waals surface area contributed by atoms with E-state index in [0.717, 1.165) is 6.42 Å². The molecular formula is C18H30O. The molecule has 1 nitrogen and oxygen atoms in total. The van der Waals surface area contributed by atoms with Gasteiger partial charge in [-0.25, -0.2) is 0 Å². The maximum Gasteiger partial charge on any atom is 0.0868 e. The van der Waals surface area contributed by atoms with Gasteiger partial charge in [0.15, 0.2) is 0 Å². The van der Waals surface area contributed by atoms with Crippen molar-refractivity contribution in [3.8, 4) is 0 Å². The van der Waals surface area contributed by atoms with Crippen LogP contribution in [-0.2, 0) is 0 Å². The zero-order chi connectivity index (χ0) is 14.1. The lowest BCUT2D eigenvalue weighted by Gasteiger charge is -2.30. The second-order valence-electron chi connectivity index (χ2n) is 5.93. The Morgan fingerprint density at radius 1 is 1.21 bits per heavy atom. The summed E-state index contributed by atoms with van der Waals surface area (Å²) in [7, 11) is 0. The molecule has 0 amide bonds. The number of rotatable bonds is 8. The van der Waals surface area contributed by atoms with Gasteiger partial charge in [0.05, 0.1) is 5.60 Å². The van der Waals surface area contributed by atoms with Crippen molar-refractivity contribution in [2.75, 3.05) is 0 Å². The van der Waals surface area contributed by atoms with E-state index in [-0.39, 0.29) is 5.92 Å². The monoisotopic (exact) mass is 262 g/mol. The van der Waals surface area contributed by atoms with Gasteiger partial charge in [-0.2, -0.15) is 0 Å². The highest BCUT2D eigenvalue weighted by atomic mass is 16.3. The third-order valence-electron chi connectivity index (χ3n) is 4.13. The van der Waals surface area contributed by atoms with Crippen LogP contribution in [-0.4, -0.2) is 10.7 Å². The van der Waals surface area contributed by atoms with E-state index in [1.165, 1.54) is 44.1 Å². The van der Waals surface area contributed by atoms with Gasteiger partial charge in [0, 0.05) is 5.92 Å². The predicted molar refractivity (Wildman–Crippen MR) is 84.1 cm³/mol. The first-order valence-electron chi connectivity index (χ1n) is 7.86. The summed E-state index contributed by atoms with van der Waals surface area (Å²) in [5.41, 5.74) is 0.535. The van der Waals surface area contributed by atoms with Crippen molar-refractivity contribution < 1.29 is 5.11 Å². The molecule has 1 N–H and O–H groups in total. The van der Waals surface area contributed by atoms with Crippen LogP contribution in [0.4, 0.5) is 0 Å². The van der Waals surface area contributed by atoms with E-state index in [4.69, 9.17) is 0 Å². The Bertz CT molecular complexity index is 334. The molecule has 108 valence electrons. The van der Waals surface area contributed by atoms with Gasteiger partial charge in [-0.3, -0.25) is 0 Å². The molecule has 1 heteroatoms. The Morgan fingerprint density at radius 3 is 2.63 bits per heavy atom. The third kappa shape index (κ3) is 5.78. The molecule has 0 fully saturated rings. The fourth-order valence-corrected chi connectivity index (χ4v) is 2.44. The van der Waals surface area contributed by atoms with E-state index in [9.17, 15) is 5.11 Å². The van der Waals surface area contributed by atoms with E-state index < -0.39 is 5.60 Å². The molecule has 2 unspecified atom stereocenters. The van der Waals surface area contributed by atoms with Crippen molar-refractivity contribution in [1.82, 2.24) is 0 Å². The largest absolute Gasteiger partial charge is 0.385 e. The first kappa shape index (κ1) is 16.2. The molecule has 0 aliphatic heterocycles. The molecule has 19 heavy (non-hydrogen) atoms. The summed E-state index contributed by atoms with van der Waals surface area (Å²) in [5, 5.41) is 10.2. The van der Waals surface area contributed by atoms with Crippen molar-refractivity contribution in [2.45, 2.75) is 71.3 Å². The van der Waals surface area contributed by atoms with Gasteiger partial charge in [-0.1, -0.05) is 76.3 Å². The van der Waals surface area contributed by atoms with Crippen LogP contribution in [0, 0.1) is 5.92 Å². The standard InChI is InChI=1S/C18H30O/c1-4-5-6-7-8-9-10-11-13-17-14-12-15-18(3,19)16(17)2/h11-16,19H,4-10H2,1-3H3. The molecule has 0 aromatic rings. The van der Waals surface area contributed by atoms with Gasteiger partial charge in [0.25, 0.3) is 0 Å². The summed E-state index contributed by atoms with van der Waals surface area (Å²) >= 11 is 0. The summed E-state index contributed by atoms with van der Waals surface area (Å²) in [4.78, 5) is 0. The second kappa shape index (κ2) is 8.37. The summed E-state index contributed by atoms with van der Waals surface area (Å²) in [6, 6.07) is 0. The fourth-order valence-electron chi connectivity index (χ4n) is 2.44. The van der Waals surface area contributed by atoms with Gasteiger partial charge in [-0.15, -0.1) is 0 Å². The molecule has 0 bridgehead atoms. The van der Waals surface area contributed by atoms with Crippen molar-refractivity contribution >= 4 is 0 Å². The Labute approximate surface area is 119 Å². The van der Waals surface area contributed by atoms with Gasteiger partial charge < -0.3 is 5.11 Å². The number of hydrogen-bond acceptors (Lipinski definition) is 1. The average Bonchev–Trinajstić information content (AvgIpc) is 2.37. The van der Waals surface area contributed by atoms with Crippen LogP contribution in [0.25, 0.3) is 0 Å². The van der Waals surface area contributed by atoms with Gasteiger partial charge in [0.1, 0.15) is 0 Å². The molecule has 0 aromatic heterocycles. The molecule has 1 aliphatic carbocycles. The highest BCUT2D eigenvalue weighted by molar-refractivity contribution is 5.34. The summed E-state index contributed by atoms with van der Waals surface area (Å²) in [6.45, 7) is 6.22. The Hall–Kier alpha value is -0.820. The van der Waals surface area contributed by atoms with Crippen LogP contribution in [0.1, 0.15) is 65.7 Å². The quantitative estimate of drug-likeness (QED) is 0.598. The molecule has 0 saturated heterocycles. The molecule has 2 atom stereocenters. The molecule has 0 aromatic carbocycles. The van der Waals surface area contributed by atoms with E-state index in [1.54, 1.807) is 0 Å². The molecule has 0 heterocycles. The van der Waals surface area contributed by atoms with Crippen molar-refractivity contribution in [3.05, 3.63) is 36.0 Å². The van der Waals surface area contributed by atoms with Crippen LogP contribution in [0.2, 0.25) is 0 Å². The number of unbranched alkanes of at least 4 members (excludes halogenated alkanes) is 6. The Kier molecular flexibility index (Phi) is 7.15. The lowest BCUT2D eigenvalue weighted by molar-refractivity contribution is 0.0695. The minimum Gasteiger partial charge on any atom is -0.385 e. The molecular weight excluding hydrogens is 232 g/mol. The van der Waals surface area contributed by atoms with E-state index in [0.29, 0.717) is 0 Å². The zero-order valence-corrected chi connectivity index (χ0v) is 12.9. The number of allylic oxidation sites excluding steroid dienone is 4. The third-order valence-corrected chi connectivity index (χ3v) is 4.13. The Morgan fingerprint density at radius 2 is 1.89 bits per heavy atom. The van der Waals surface area contributed by atoms with E-state index in [2.05, 4.69) is 32.1 Å². The minimum atomic E-state index is -0.700. The van der Waals surface area contributed by atoms with E-state index in [1.807, 2.05) is 19.1 Å². The molecule has 1 aliphatic rings. The van der Waals surface area contributed by atoms with Crippen LogP contribution in [0.5, 0.6) is 0 Å². The molecule has 0 radical (unpaired) electrons. The van der Waals surface area contributed by atoms with Crippen LogP contribution < -0.4 is 0 Å². The topological polar surface area (TPSA) is 20.2 Å². The SMILES string of the molecule is CCCCCCCCC=CC1=CC=CC(C)(O)C1C. The lowest BCUT2D eigenvalue weighted by atomic mass is 9.81. The highest BCUT2D eigenvalue weighted by Gasteiger charge is 2.28. The summed E-state index contributed by atoms with van der Waals surface area (Å²) in [5.74, 6) is 0.179. The summed E-state index contributed by atoms with van der Waals surface area (Å²) < 4.78 is 0. The fraction of sp³-hybridized carbons (Fsp3) is 0.667. The molecule has 1 rings (SSSR count). The van der Waals surface area contributed by atoms with Crippen molar-refractivity contribution in [1.29, 1.82) is 0 Å². The van der Waals surface area contributed by atoms with Crippen molar-refractivity contribution in [2.24, 2.45) is 5.92 Å². The van der Waals surface area contributed by atoms with Crippen LogP contribution >= 0.6 is 0 Å². The lowest BCUT2D eigenvalue weighted by Crippen LogP contribution is -2.32. The molecule has 0 spiro atoms. The zero-order valence-electron chi connectivity index (χ0n) is 12.9. The highest BCUT2D eigenvalue weighted by Crippen LogP contribution is 2.30. The maximum atomic E-state index is 10.2. The van der Waals surface area contributed by atoms with Crippen LogP contribution in [0.3, 0.4) is 0 Å².